The van der Waals surface area contributed by atoms with E-state index in [1.165, 1.54) is 18.9 Å². The molecule has 7 nitrogen and oxygen atoms in total. The number of hydrogen-bond donors (Lipinski definition) is 1. The summed E-state index contributed by atoms with van der Waals surface area (Å²) in [5.74, 6) is 2.55. The fraction of sp³-hybridized carbons (Fsp3) is 0.333. The monoisotopic (exact) mass is 419 g/mol. The molecule has 0 saturated heterocycles. The van der Waals surface area contributed by atoms with Gasteiger partial charge < -0.3 is 24.3 Å². The number of benzene rings is 2. The van der Waals surface area contributed by atoms with E-state index in [0.717, 1.165) is 12.2 Å². The maximum absolute atomic E-state index is 12.1. The summed E-state index contributed by atoms with van der Waals surface area (Å²) in [4.78, 5) is 23.4. The minimum Gasteiger partial charge on any atom is -0.494 e. The van der Waals surface area contributed by atoms with Gasteiger partial charge in [-0.1, -0.05) is 0 Å². The Morgan fingerprint density at radius 2 is 1.69 bits per heavy atom. The van der Waals surface area contributed by atoms with E-state index in [2.05, 4.69) is 10.1 Å². The van der Waals surface area contributed by atoms with Gasteiger partial charge in [0.15, 0.2) is 11.5 Å². The Hall–Kier alpha value is -2.87. The summed E-state index contributed by atoms with van der Waals surface area (Å²) in [6, 6.07) is 12.0. The third kappa shape index (κ3) is 7.23. The van der Waals surface area contributed by atoms with Crippen molar-refractivity contribution in [1.29, 1.82) is 0 Å². The molecule has 0 radical (unpaired) electrons. The maximum atomic E-state index is 12.1. The minimum absolute atomic E-state index is 0.0819. The van der Waals surface area contributed by atoms with Crippen LogP contribution in [0.4, 0.5) is 5.69 Å². The van der Waals surface area contributed by atoms with Crippen molar-refractivity contribution in [3.05, 3.63) is 48.0 Å². The number of hydrogen-bond acceptors (Lipinski definition) is 7. The van der Waals surface area contributed by atoms with Crippen molar-refractivity contribution in [3.8, 4) is 17.2 Å². The van der Waals surface area contributed by atoms with Crippen LogP contribution in [0.5, 0.6) is 17.2 Å². The Balaban J connectivity index is 1.64. The molecule has 0 aliphatic carbocycles. The number of esters is 1. The molecule has 0 aliphatic heterocycles. The van der Waals surface area contributed by atoms with Crippen LogP contribution in [0.15, 0.2) is 42.5 Å². The molecule has 0 saturated carbocycles. The van der Waals surface area contributed by atoms with Gasteiger partial charge in [-0.2, -0.15) is 11.8 Å². The number of ether oxygens (including phenoxy) is 4. The van der Waals surface area contributed by atoms with Crippen LogP contribution in [0.2, 0.25) is 0 Å². The van der Waals surface area contributed by atoms with E-state index in [9.17, 15) is 9.59 Å². The number of anilines is 1. The summed E-state index contributed by atoms with van der Waals surface area (Å²) in [5, 5.41) is 2.84. The van der Waals surface area contributed by atoms with Crippen LogP contribution in [0.1, 0.15) is 16.8 Å². The maximum Gasteiger partial charge on any atom is 0.337 e. The number of carbonyl (C=O) groups excluding carboxylic acids is 2. The van der Waals surface area contributed by atoms with Crippen molar-refractivity contribution in [1.82, 2.24) is 0 Å². The Morgan fingerprint density at radius 3 is 2.34 bits per heavy atom. The highest BCUT2D eigenvalue weighted by atomic mass is 32.2. The van der Waals surface area contributed by atoms with Crippen LogP contribution in [0, 0.1) is 0 Å². The van der Waals surface area contributed by atoms with Crippen molar-refractivity contribution in [2.75, 3.05) is 44.8 Å². The smallest absolute Gasteiger partial charge is 0.337 e. The number of thioether (sulfide) groups is 1. The summed E-state index contributed by atoms with van der Waals surface area (Å²) >= 11 is 1.53. The predicted octanol–water partition coefficient (Wildman–Crippen LogP) is 3.63. The minimum atomic E-state index is -0.376. The largest absolute Gasteiger partial charge is 0.494 e. The first-order valence-corrected chi connectivity index (χ1v) is 10.1. The SMILES string of the molecule is COC(=O)c1ccc(OCCCSCC(=O)Nc2ccc(OC)c(OC)c2)cc1. The lowest BCUT2D eigenvalue weighted by Gasteiger charge is -2.10. The first kappa shape index (κ1) is 22.4. The lowest BCUT2D eigenvalue weighted by molar-refractivity contribution is -0.113. The highest BCUT2D eigenvalue weighted by Gasteiger charge is 2.08. The van der Waals surface area contributed by atoms with Crippen LogP contribution >= 0.6 is 11.8 Å². The molecule has 0 bridgehead atoms. The van der Waals surface area contributed by atoms with Crippen LogP contribution in [-0.4, -0.2) is 51.3 Å². The normalized spacial score (nSPS) is 10.2. The van der Waals surface area contributed by atoms with Crippen molar-refractivity contribution < 1.29 is 28.5 Å². The van der Waals surface area contributed by atoms with Gasteiger partial charge in [-0.3, -0.25) is 4.79 Å². The summed E-state index contributed by atoms with van der Waals surface area (Å²) in [5.41, 5.74) is 1.14. The second-order valence-electron chi connectivity index (χ2n) is 5.89. The molecule has 1 N–H and O–H groups in total. The Kier molecular flexibility index (Phi) is 9.17. The van der Waals surface area contributed by atoms with Gasteiger partial charge in [0.25, 0.3) is 0 Å². The predicted molar refractivity (Wildman–Crippen MR) is 113 cm³/mol. The van der Waals surface area contributed by atoms with Crippen LogP contribution in [0.3, 0.4) is 0 Å². The summed E-state index contributed by atoms with van der Waals surface area (Å²) in [6.07, 6.45) is 0.799. The van der Waals surface area contributed by atoms with E-state index in [1.807, 2.05) is 0 Å². The quantitative estimate of drug-likeness (QED) is 0.440. The Labute approximate surface area is 174 Å². The number of rotatable bonds is 11. The van der Waals surface area contributed by atoms with Gasteiger partial charge >= 0.3 is 5.97 Å². The highest BCUT2D eigenvalue weighted by Crippen LogP contribution is 2.29. The summed E-state index contributed by atoms with van der Waals surface area (Å²) < 4.78 is 20.7. The second kappa shape index (κ2) is 11.9. The number of carbonyl (C=O) groups is 2. The lowest BCUT2D eigenvalue weighted by Crippen LogP contribution is -2.14. The molecule has 0 aromatic heterocycles. The number of nitrogens with one attached hydrogen (secondary N) is 1. The molecular weight excluding hydrogens is 394 g/mol. The molecule has 8 heteroatoms. The summed E-state index contributed by atoms with van der Waals surface area (Å²) in [6.45, 7) is 0.530. The number of amides is 1. The van der Waals surface area contributed by atoms with Gasteiger partial charge in [-0.25, -0.2) is 4.79 Å². The van der Waals surface area contributed by atoms with E-state index in [0.29, 0.717) is 40.9 Å². The Morgan fingerprint density at radius 1 is 0.966 bits per heavy atom. The van der Waals surface area contributed by atoms with E-state index in [1.54, 1.807) is 56.7 Å². The molecule has 0 atom stereocenters. The highest BCUT2D eigenvalue weighted by molar-refractivity contribution is 7.99. The first-order chi connectivity index (χ1) is 14.1. The first-order valence-electron chi connectivity index (χ1n) is 8.98. The van der Waals surface area contributed by atoms with E-state index in [-0.39, 0.29) is 11.9 Å². The van der Waals surface area contributed by atoms with Crippen molar-refractivity contribution >= 4 is 29.3 Å². The molecule has 2 aromatic carbocycles. The van der Waals surface area contributed by atoms with Gasteiger partial charge in [0.1, 0.15) is 5.75 Å². The van der Waals surface area contributed by atoms with Gasteiger partial charge in [0.2, 0.25) is 5.91 Å². The molecular formula is C21H25NO6S. The fourth-order valence-corrected chi connectivity index (χ4v) is 3.16. The molecule has 0 unspecified atom stereocenters. The fourth-order valence-electron chi connectivity index (χ4n) is 2.43. The molecule has 0 heterocycles. The molecule has 2 rings (SSSR count). The number of methoxy groups -OCH3 is 3. The third-order valence-corrected chi connectivity index (χ3v) is 4.92. The zero-order chi connectivity index (χ0) is 21.1. The van der Waals surface area contributed by atoms with Gasteiger partial charge in [-0.05, 0) is 48.6 Å². The molecule has 2 aromatic rings. The van der Waals surface area contributed by atoms with E-state index < -0.39 is 0 Å². The third-order valence-electron chi connectivity index (χ3n) is 3.88. The average Bonchev–Trinajstić information content (AvgIpc) is 2.75. The molecule has 0 aliphatic rings. The second-order valence-corrected chi connectivity index (χ2v) is 6.99. The zero-order valence-electron chi connectivity index (χ0n) is 16.7. The standard InChI is InChI=1S/C21H25NO6S/c1-25-18-10-7-16(13-19(18)26-2)22-20(23)14-29-12-4-11-28-17-8-5-15(6-9-17)21(24)27-3/h5-10,13H,4,11-12,14H2,1-3H3,(H,22,23). The molecule has 0 spiro atoms. The van der Waals surface area contributed by atoms with Crippen molar-refractivity contribution in [3.63, 3.8) is 0 Å². The van der Waals surface area contributed by atoms with Crippen LogP contribution in [0.25, 0.3) is 0 Å². The zero-order valence-corrected chi connectivity index (χ0v) is 17.5. The average molecular weight is 419 g/mol. The van der Waals surface area contributed by atoms with Crippen LogP contribution in [-0.2, 0) is 9.53 Å². The Bertz CT molecular complexity index is 809. The van der Waals surface area contributed by atoms with Gasteiger partial charge in [-0.15, -0.1) is 0 Å². The van der Waals surface area contributed by atoms with E-state index in [4.69, 9.17) is 14.2 Å². The lowest BCUT2D eigenvalue weighted by atomic mass is 10.2. The van der Waals surface area contributed by atoms with E-state index >= 15 is 0 Å². The van der Waals surface area contributed by atoms with Crippen molar-refractivity contribution in [2.45, 2.75) is 6.42 Å². The van der Waals surface area contributed by atoms with Crippen LogP contribution < -0.4 is 19.5 Å². The molecule has 0 fully saturated rings. The topological polar surface area (TPSA) is 83.1 Å². The molecule has 1 amide bonds. The molecule has 156 valence electrons. The van der Waals surface area contributed by atoms with Crippen molar-refractivity contribution in [2.24, 2.45) is 0 Å². The van der Waals surface area contributed by atoms with Gasteiger partial charge in [0, 0.05) is 11.8 Å². The molecule has 29 heavy (non-hydrogen) atoms. The van der Waals surface area contributed by atoms with Gasteiger partial charge in [0.05, 0.1) is 39.3 Å². The summed E-state index contributed by atoms with van der Waals surface area (Å²) in [7, 11) is 4.46.